The summed E-state index contributed by atoms with van der Waals surface area (Å²) in [5, 5.41) is 0. The number of carbonyl (C=O) groups excluding carboxylic acids is 1. The molecule has 0 aromatic carbocycles. The molecule has 0 bridgehead atoms. The molecular weight excluding hydrogens is 290 g/mol. The number of hydrogen-bond donors (Lipinski definition) is 0. The third kappa shape index (κ3) is 3.15. The molecule has 3 heterocycles. The number of rotatable bonds is 3. The van der Waals surface area contributed by atoms with Crippen LogP contribution in [-0.4, -0.2) is 46.2 Å². The molecule has 5 heteroatoms. The molecule has 0 N–H and O–H groups in total. The Hall–Kier alpha value is -2.14. The highest BCUT2D eigenvalue weighted by molar-refractivity contribution is 5.96. The summed E-state index contributed by atoms with van der Waals surface area (Å²) in [5.74, 6) is 0.0983. The van der Waals surface area contributed by atoms with Crippen LogP contribution in [0.3, 0.4) is 0 Å². The Balaban J connectivity index is 1.86. The first-order valence-corrected chi connectivity index (χ1v) is 8.03. The Morgan fingerprint density at radius 2 is 2.22 bits per heavy atom. The summed E-state index contributed by atoms with van der Waals surface area (Å²) in [5.41, 5.74) is 3.86. The predicted octanol–water partition coefficient (Wildman–Crippen LogP) is 2.41. The SMILES string of the molecule is Cc1cc(C(=O)N2CCOC[C@@H]2C)c(C)n1Cc1ccccn1. The zero-order valence-corrected chi connectivity index (χ0v) is 14.0. The van der Waals surface area contributed by atoms with Crippen LogP contribution in [0.4, 0.5) is 0 Å². The molecule has 122 valence electrons. The fourth-order valence-corrected chi connectivity index (χ4v) is 3.10. The summed E-state index contributed by atoms with van der Waals surface area (Å²) in [7, 11) is 0. The van der Waals surface area contributed by atoms with Crippen molar-refractivity contribution in [3.05, 3.63) is 53.1 Å². The highest BCUT2D eigenvalue weighted by Gasteiger charge is 2.27. The van der Waals surface area contributed by atoms with Gasteiger partial charge in [-0.15, -0.1) is 0 Å². The van der Waals surface area contributed by atoms with E-state index in [2.05, 4.69) is 9.55 Å². The minimum atomic E-state index is 0.0983. The van der Waals surface area contributed by atoms with Crippen LogP contribution in [-0.2, 0) is 11.3 Å². The minimum Gasteiger partial charge on any atom is -0.377 e. The lowest BCUT2D eigenvalue weighted by Crippen LogP contribution is -2.47. The molecule has 0 saturated carbocycles. The highest BCUT2D eigenvalue weighted by Crippen LogP contribution is 2.20. The second-order valence-electron chi connectivity index (χ2n) is 6.11. The second-order valence-corrected chi connectivity index (χ2v) is 6.11. The van der Waals surface area contributed by atoms with E-state index in [1.165, 1.54) is 0 Å². The number of aromatic nitrogens is 2. The lowest BCUT2D eigenvalue weighted by atomic mass is 10.1. The van der Waals surface area contributed by atoms with Gasteiger partial charge in [-0.3, -0.25) is 9.78 Å². The Labute approximate surface area is 136 Å². The lowest BCUT2D eigenvalue weighted by molar-refractivity contribution is 0.00355. The van der Waals surface area contributed by atoms with Crippen molar-refractivity contribution in [3.63, 3.8) is 0 Å². The first-order valence-electron chi connectivity index (χ1n) is 8.03. The van der Waals surface area contributed by atoms with Crippen LogP contribution in [0.5, 0.6) is 0 Å². The van der Waals surface area contributed by atoms with Crippen LogP contribution < -0.4 is 0 Å². The average molecular weight is 313 g/mol. The molecule has 23 heavy (non-hydrogen) atoms. The van der Waals surface area contributed by atoms with Crippen molar-refractivity contribution < 1.29 is 9.53 Å². The zero-order valence-electron chi connectivity index (χ0n) is 14.0. The van der Waals surface area contributed by atoms with E-state index in [-0.39, 0.29) is 11.9 Å². The average Bonchev–Trinajstić information content (AvgIpc) is 2.84. The van der Waals surface area contributed by atoms with Crippen LogP contribution >= 0.6 is 0 Å². The fourth-order valence-electron chi connectivity index (χ4n) is 3.10. The van der Waals surface area contributed by atoms with Crippen LogP contribution in [0.15, 0.2) is 30.5 Å². The van der Waals surface area contributed by atoms with Gasteiger partial charge in [-0.05, 0) is 39.0 Å². The van der Waals surface area contributed by atoms with E-state index in [0.29, 0.717) is 26.3 Å². The molecule has 1 aliphatic heterocycles. The van der Waals surface area contributed by atoms with Gasteiger partial charge in [0, 0.05) is 24.1 Å². The smallest absolute Gasteiger partial charge is 0.256 e. The number of ether oxygens (including phenoxy) is 1. The van der Waals surface area contributed by atoms with E-state index in [4.69, 9.17) is 4.74 Å². The number of nitrogens with zero attached hydrogens (tertiary/aromatic N) is 3. The third-order valence-corrected chi connectivity index (χ3v) is 4.48. The van der Waals surface area contributed by atoms with Crippen molar-refractivity contribution in [1.82, 2.24) is 14.5 Å². The maximum absolute atomic E-state index is 12.9. The lowest BCUT2D eigenvalue weighted by Gasteiger charge is -2.33. The van der Waals surface area contributed by atoms with Gasteiger partial charge >= 0.3 is 0 Å². The standard InChI is InChI=1S/C18H23N3O2/c1-13-10-17(18(22)20-8-9-23-12-14(20)2)15(3)21(13)11-16-6-4-5-7-19-16/h4-7,10,14H,8-9,11-12H2,1-3H3/t14-/m0/s1. The van der Waals surface area contributed by atoms with Gasteiger partial charge in [0.2, 0.25) is 0 Å². The van der Waals surface area contributed by atoms with Gasteiger partial charge in [0.15, 0.2) is 0 Å². The van der Waals surface area contributed by atoms with Crippen LogP contribution in [0.25, 0.3) is 0 Å². The van der Waals surface area contributed by atoms with Crippen LogP contribution in [0.1, 0.15) is 34.4 Å². The Kier molecular flexibility index (Phi) is 4.48. The Morgan fingerprint density at radius 1 is 1.39 bits per heavy atom. The summed E-state index contributed by atoms with van der Waals surface area (Å²) in [6.07, 6.45) is 1.80. The van der Waals surface area contributed by atoms with Crippen molar-refractivity contribution in [2.75, 3.05) is 19.8 Å². The van der Waals surface area contributed by atoms with Gasteiger partial charge in [0.25, 0.3) is 5.91 Å². The molecule has 1 amide bonds. The van der Waals surface area contributed by atoms with Crippen molar-refractivity contribution >= 4 is 5.91 Å². The second kappa shape index (κ2) is 6.54. The molecule has 5 nitrogen and oxygen atoms in total. The molecule has 0 unspecified atom stereocenters. The monoisotopic (exact) mass is 313 g/mol. The normalized spacial score (nSPS) is 18.2. The molecule has 1 fully saturated rings. The van der Waals surface area contributed by atoms with Crippen molar-refractivity contribution in [2.24, 2.45) is 0 Å². The number of morpholine rings is 1. The number of hydrogen-bond acceptors (Lipinski definition) is 3. The van der Waals surface area contributed by atoms with Crippen LogP contribution in [0.2, 0.25) is 0 Å². The summed E-state index contributed by atoms with van der Waals surface area (Å²) >= 11 is 0. The number of amides is 1. The maximum Gasteiger partial charge on any atom is 0.256 e. The maximum atomic E-state index is 12.9. The molecule has 1 atom stereocenters. The predicted molar refractivity (Wildman–Crippen MR) is 88.6 cm³/mol. The van der Waals surface area contributed by atoms with E-state index in [1.807, 2.05) is 49.9 Å². The molecule has 1 aliphatic rings. The van der Waals surface area contributed by atoms with Crippen molar-refractivity contribution in [3.8, 4) is 0 Å². The Morgan fingerprint density at radius 3 is 2.91 bits per heavy atom. The van der Waals surface area contributed by atoms with Crippen LogP contribution in [0, 0.1) is 13.8 Å². The van der Waals surface area contributed by atoms with Gasteiger partial charge in [0.05, 0.1) is 37.1 Å². The van der Waals surface area contributed by atoms with Gasteiger partial charge in [-0.1, -0.05) is 6.07 Å². The number of pyridine rings is 1. The summed E-state index contributed by atoms with van der Waals surface area (Å²) in [6, 6.07) is 8.01. The molecule has 2 aromatic rings. The topological polar surface area (TPSA) is 47.4 Å². The fraction of sp³-hybridized carbons (Fsp3) is 0.444. The van der Waals surface area contributed by atoms with E-state index >= 15 is 0 Å². The molecule has 2 aromatic heterocycles. The summed E-state index contributed by atoms with van der Waals surface area (Å²) < 4.78 is 7.58. The third-order valence-electron chi connectivity index (χ3n) is 4.48. The first kappa shape index (κ1) is 15.7. The van der Waals surface area contributed by atoms with Crippen molar-refractivity contribution in [2.45, 2.75) is 33.4 Å². The molecule has 0 radical (unpaired) electrons. The quantitative estimate of drug-likeness (QED) is 0.874. The number of aryl methyl sites for hydroxylation is 1. The zero-order chi connectivity index (χ0) is 16.4. The molecular formula is C18H23N3O2. The van der Waals surface area contributed by atoms with Gasteiger partial charge in [-0.25, -0.2) is 0 Å². The number of carbonyl (C=O) groups is 1. The van der Waals surface area contributed by atoms with Gasteiger partial charge < -0.3 is 14.2 Å². The summed E-state index contributed by atoms with van der Waals surface area (Å²) in [6.45, 7) is 8.64. The van der Waals surface area contributed by atoms with E-state index in [1.54, 1.807) is 6.20 Å². The highest BCUT2D eigenvalue weighted by atomic mass is 16.5. The van der Waals surface area contributed by atoms with E-state index in [0.717, 1.165) is 22.6 Å². The minimum absolute atomic E-state index is 0.0983. The van der Waals surface area contributed by atoms with Crippen molar-refractivity contribution in [1.29, 1.82) is 0 Å². The molecule has 1 saturated heterocycles. The largest absolute Gasteiger partial charge is 0.377 e. The summed E-state index contributed by atoms with van der Waals surface area (Å²) in [4.78, 5) is 19.2. The Bertz CT molecular complexity index is 694. The van der Waals surface area contributed by atoms with E-state index in [9.17, 15) is 4.79 Å². The first-order chi connectivity index (χ1) is 11.1. The molecule has 0 spiro atoms. The molecule has 3 rings (SSSR count). The van der Waals surface area contributed by atoms with Gasteiger partial charge in [-0.2, -0.15) is 0 Å². The van der Waals surface area contributed by atoms with E-state index < -0.39 is 0 Å². The van der Waals surface area contributed by atoms with Gasteiger partial charge in [0.1, 0.15) is 0 Å². The molecule has 0 aliphatic carbocycles.